The number of halogens is 2. The number of nitrogens with zero attached hydrogens (tertiary/aromatic N) is 4. The summed E-state index contributed by atoms with van der Waals surface area (Å²) in [6.45, 7) is 9.68. The standard InChI is InChI=1S/C27H34ClFN4O/c1-20-5-10-24(29)26(27(20)28)21-6-8-23(9-7-21)31-13-11-30(12-14-31)19-25(34)33-17-15-32(16-18-33)22-3-2-4-22/h5-10,22H,2-4,11-19H2,1H3. The van der Waals surface area contributed by atoms with Crippen molar-refractivity contribution in [3.8, 4) is 11.1 Å². The molecule has 182 valence electrons. The van der Waals surface area contributed by atoms with Gasteiger partial charge in [0.15, 0.2) is 0 Å². The van der Waals surface area contributed by atoms with E-state index in [1.165, 1.54) is 25.3 Å². The summed E-state index contributed by atoms with van der Waals surface area (Å²) in [5, 5.41) is 0.468. The van der Waals surface area contributed by atoms with Crippen molar-refractivity contribution in [3.05, 3.63) is 52.8 Å². The lowest BCUT2D eigenvalue weighted by Gasteiger charge is -2.43. The monoisotopic (exact) mass is 484 g/mol. The number of hydrogen-bond donors (Lipinski definition) is 0. The van der Waals surface area contributed by atoms with Crippen LogP contribution in [0.2, 0.25) is 5.02 Å². The minimum Gasteiger partial charge on any atom is -0.369 e. The van der Waals surface area contributed by atoms with Gasteiger partial charge in [-0.2, -0.15) is 0 Å². The summed E-state index contributed by atoms with van der Waals surface area (Å²) < 4.78 is 14.4. The molecule has 1 amide bonds. The first-order chi connectivity index (χ1) is 16.5. The fourth-order valence-electron chi connectivity index (χ4n) is 5.30. The van der Waals surface area contributed by atoms with Gasteiger partial charge in [-0.25, -0.2) is 4.39 Å². The molecule has 1 aliphatic carbocycles. The summed E-state index contributed by atoms with van der Waals surface area (Å²) in [7, 11) is 0. The minimum absolute atomic E-state index is 0.267. The first kappa shape index (κ1) is 23.6. The smallest absolute Gasteiger partial charge is 0.236 e. The Hall–Kier alpha value is -2.15. The summed E-state index contributed by atoms with van der Waals surface area (Å²) >= 11 is 6.38. The van der Waals surface area contributed by atoms with Crippen molar-refractivity contribution in [1.82, 2.24) is 14.7 Å². The second kappa shape index (κ2) is 10.2. The van der Waals surface area contributed by atoms with Crippen LogP contribution in [0.5, 0.6) is 0 Å². The van der Waals surface area contributed by atoms with Crippen LogP contribution in [0.25, 0.3) is 11.1 Å². The second-order valence-corrected chi connectivity index (χ2v) is 10.2. The second-order valence-electron chi connectivity index (χ2n) is 9.86. The van der Waals surface area contributed by atoms with E-state index in [1.807, 2.05) is 31.2 Å². The van der Waals surface area contributed by atoms with Crippen molar-refractivity contribution in [2.24, 2.45) is 0 Å². The SMILES string of the molecule is Cc1ccc(F)c(-c2ccc(N3CCN(CC(=O)N4CCN(C5CCC5)CC4)CC3)cc2)c1Cl. The molecule has 2 heterocycles. The number of carbonyl (C=O) groups is 1. The summed E-state index contributed by atoms with van der Waals surface area (Å²) in [5.41, 5.74) is 3.24. The number of hydrogen-bond acceptors (Lipinski definition) is 4. The fraction of sp³-hybridized carbons (Fsp3) is 0.519. The molecule has 2 aromatic carbocycles. The first-order valence-electron chi connectivity index (χ1n) is 12.5. The van der Waals surface area contributed by atoms with Gasteiger partial charge in [0.2, 0.25) is 5.91 Å². The summed E-state index contributed by atoms with van der Waals surface area (Å²) in [6.07, 6.45) is 4.02. The van der Waals surface area contributed by atoms with Crippen LogP contribution >= 0.6 is 11.6 Å². The predicted molar refractivity (Wildman–Crippen MR) is 136 cm³/mol. The average molecular weight is 485 g/mol. The molecule has 3 aliphatic rings. The third-order valence-corrected chi connectivity index (χ3v) is 8.28. The molecule has 5 rings (SSSR count). The van der Waals surface area contributed by atoms with Crippen LogP contribution in [0.15, 0.2) is 36.4 Å². The lowest BCUT2D eigenvalue weighted by molar-refractivity contribution is -0.134. The first-order valence-corrected chi connectivity index (χ1v) is 12.9. The normalized spacial score (nSPS) is 20.4. The van der Waals surface area contributed by atoms with Crippen LogP contribution in [0.4, 0.5) is 10.1 Å². The van der Waals surface area contributed by atoms with E-state index in [1.54, 1.807) is 6.07 Å². The molecule has 1 saturated carbocycles. The highest BCUT2D eigenvalue weighted by Crippen LogP contribution is 2.34. The quantitative estimate of drug-likeness (QED) is 0.634. The summed E-state index contributed by atoms with van der Waals surface area (Å²) in [5.74, 6) is -0.0331. The maximum Gasteiger partial charge on any atom is 0.236 e. The number of amides is 1. The van der Waals surface area contributed by atoms with Crippen LogP contribution in [0.1, 0.15) is 24.8 Å². The molecule has 0 bridgehead atoms. The van der Waals surface area contributed by atoms with Crippen LogP contribution in [0.3, 0.4) is 0 Å². The molecule has 0 spiro atoms. The molecule has 2 aromatic rings. The molecule has 0 radical (unpaired) electrons. The zero-order valence-electron chi connectivity index (χ0n) is 20.0. The van der Waals surface area contributed by atoms with Crippen molar-refractivity contribution in [1.29, 1.82) is 0 Å². The maximum absolute atomic E-state index is 14.4. The predicted octanol–water partition coefficient (Wildman–Crippen LogP) is 4.27. The topological polar surface area (TPSA) is 30.0 Å². The van der Waals surface area contributed by atoms with Gasteiger partial charge in [-0.15, -0.1) is 0 Å². The zero-order valence-corrected chi connectivity index (χ0v) is 20.7. The molecule has 0 N–H and O–H groups in total. The zero-order chi connectivity index (χ0) is 23.7. The molecule has 0 aromatic heterocycles. The largest absolute Gasteiger partial charge is 0.369 e. The van der Waals surface area contributed by atoms with Gasteiger partial charge in [0.05, 0.1) is 11.6 Å². The minimum atomic E-state index is -0.300. The van der Waals surface area contributed by atoms with E-state index in [4.69, 9.17) is 11.6 Å². The highest BCUT2D eigenvalue weighted by atomic mass is 35.5. The Balaban J connectivity index is 1.12. The fourth-order valence-corrected chi connectivity index (χ4v) is 5.57. The molecule has 5 nitrogen and oxygen atoms in total. The molecule has 34 heavy (non-hydrogen) atoms. The van der Waals surface area contributed by atoms with Crippen LogP contribution in [-0.2, 0) is 4.79 Å². The third kappa shape index (κ3) is 4.95. The number of benzene rings is 2. The molecular weight excluding hydrogens is 451 g/mol. The number of aryl methyl sites for hydroxylation is 1. The highest BCUT2D eigenvalue weighted by Gasteiger charge is 2.30. The van der Waals surface area contributed by atoms with Crippen LogP contribution in [-0.4, -0.2) is 85.6 Å². The van der Waals surface area contributed by atoms with Crippen molar-refractivity contribution in [3.63, 3.8) is 0 Å². The van der Waals surface area contributed by atoms with E-state index in [0.29, 0.717) is 17.1 Å². The Morgan fingerprint density at radius 1 is 0.941 bits per heavy atom. The Morgan fingerprint density at radius 2 is 1.62 bits per heavy atom. The van der Waals surface area contributed by atoms with Gasteiger partial charge in [-0.3, -0.25) is 14.6 Å². The van der Waals surface area contributed by atoms with Crippen molar-refractivity contribution >= 4 is 23.2 Å². The van der Waals surface area contributed by atoms with E-state index in [0.717, 1.165) is 75.2 Å². The number of rotatable bonds is 5. The Kier molecular flexibility index (Phi) is 7.09. The molecule has 7 heteroatoms. The maximum atomic E-state index is 14.4. The van der Waals surface area contributed by atoms with Crippen molar-refractivity contribution in [2.45, 2.75) is 32.2 Å². The van der Waals surface area contributed by atoms with Gasteiger partial charge >= 0.3 is 0 Å². The number of piperazine rings is 2. The number of anilines is 1. The Morgan fingerprint density at radius 3 is 2.24 bits per heavy atom. The van der Waals surface area contributed by atoms with Crippen LogP contribution in [0, 0.1) is 12.7 Å². The Bertz CT molecular complexity index is 1010. The number of carbonyl (C=O) groups excluding carboxylic acids is 1. The molecule has 0 unspecified atom stereocenters. The average Bonchev–Trinajstić information content (AvgIpc) is 2.82. The van der Waals surface area contributed by atoms with Crippen molar-refractivity contribution in [2.75, 3.05) is 63.8 Å². The van der Waals surface area contributed by atoms with Gasteiger partial charge in [-0.1, -0.05) is 36.2 Å². The third-order valence-electron chi connectivity index (χ3n) is 7.79. The lowest BCUT2D eigenvalue weighted by atomic mass is 9.91. The van der Waals surface area contributed by atoms with Gasteiger partial charge in [0.25, 0.3) is 0 Å². The van der Waals surface area contributed by atoms with Gasteiger partial charge in [-0.05, 0) is 49.1 Å². The Labute approximate surface area is 207 Å². The van der Waals surface area contributed by atoms with E-state index in [9.17, 15) is 9.18 Å². The molecule has 2 aliphatic heterocycles. The molecular formula is C27H34ClFN4O. The van der Waals surface area contributed by atoms with Crippen LogP contribution < -0.4 is 4.90 Å². The lowest BCUT2D eigenvalue weighted by Crippen LogP contribution is -2.56. The van der Waals surface area contributed by atoms with E-state index >= 15 is 0 Å². The molecule has 2 saturated heterocycles. The van der Waals surface area contributed by atoms with Gasteiger partial charge in [0.1, 0.15) is 5.82 Å². The van der Waals surface area contributed by atoms with E-state index < -0.39 is 0 Å². The molecule has 0 atom stereocenters. The van der Waals surface area contributed by atoms with Crippen molar-refractivity contribution < 1.29 is 9.18 Å². The van der Waals surface area contributed by atoms with Gasteiger partial charge in [0, 0.05) is 69.7 Å². The highest BCUT2D eigenvalue weighted by molar-refractivity contribution is 6.34. The summed E-state index contributed by atoms with van der Waals surface area (Å²) in [4.78, 5) is 22.1. The summed E-state index contributed by atoms with van der Waals surface area (Å²) in [6, 6.07) is 11.9. The van der Waals surface area contributed by atoms with E-state index in [2.05, 4.69) is 19.6 Å². The molecule has 3 fully saturated rings. The van der Waals surface area contributed by atoms with E-state index in [-0.39, 0.29) is 11.7 Å². The van der Waals surface area contributed by atoms with Gasteiger partial charge < -0.3 is 9.80 Å².